The van der Waals surface area contributed by atoms with E-state index < -0.39 is 19.8 Å². The Morgan fingerprint density at radius 3 is 1.94 bits per heavy atom. The van der Waals surface area contributed by atoms with Crippen LogP contribution in [0.1, 0.15) is 53.9 Å². The summed E-state index contributed by atoms with van der Waals surface area (Å²) in [5, 5.41) is 13.3. The maximum absolute atomic E-state index is 13.8. The molecule has 0 amide bonds. The minimum absolute atomic E-state index is 0.146. The highest BCUT2D eigenvalue weighted by Gasteiger charge is 2.50. The summed E-state index contributed by atoms with van der Waals surface area (Å²) in [6.45, 7) is 12.6. The summed E-state index contributed by atoms with van der Waals surface area (Å²) in [5.74, 6) is 0.814. The van der Waals surface area contributed by atoms with E-state index in [-0.39, 0.29) is 24.0 Å². The molecule has 0 saturated heterocycles. The molecule has 0 radical (unpaired) electrons. The van der Waals surface area contributed by atoms with Crippen molar-refractivity contribution in [2.75, 3.05) is 46.1 Å². The van der Waals surface area contributed by atoms with Crippen LogP contribution in [0, 0.1) is 5.41 Å². The van der Waals surface area contributed by atoms with E-state index in [1.54, 1.807) is 18.9 Å². The predicted molar refractivity (Wildman–Crippen MR) is 196 cm³/mol. The molecule has 0 unspecified atom stereocenters. The molecule has 0 aliphatic carbocycles. The van der Waals surface area contributed by atoms with Gasteiger partial charge in [-0.1, -0.05) is 125 Å². The van der Waals surface area contributed by atoms with Gasteiger partial charge in [0.2, 0.25) is 0 Å². The number of carbonyl (C=O) groups excluding carboxylic acids is 1. The summed E-state index contributed by atoms with van der Waals surface area (Å²) in [6.07, 6.45) is 2.43. The number of thioether (sulfide) groups is 1. The standard InChI is InChI=1S/C39H54O6SSi/c1-38(2,3)47(35-18-12-8-13-19-35,36-20-14-9-15-21-36)45-25-22-32(28-33(40)23-24-43-31-44-27-26-42-6)29-37(41)39(4,5)30-46-34-16-10-7-11-17-34/h7-22,33,40H,23-31H2,1-6H3/b32-22+/t33-/m1/s1. The number of carbonyl (C=O) groups is 1. The molecule has 256 valence electrons. The van der Waals surface area contributed by atoms with Crippen molar-refractivity contribution in [3.63, 3.8) is 0 Å². The first-order chi connectivity index (χ1) is 22.5. The van der Waals surface area contributed by atoms with Crippen molar-refractivity contribution in [1.29, 1.82) is 0 Å². The highest BCUT2D eigenvalue weighted by atomic mass is 32.2. The molecule has 3 rings (SSSR count). The predicted octanol–water partition coefficient (Wildman–Crippen LogP) is 7.05. The normalized spacial score (nSPS) is 13.5. The molecule has 3 aromatic rings. The maximum atomic E-state index is 13.8. The van der Waals surface area contributed by atoms with Crippen LogP contribution in [0.2, 0.25) is 5.04 Å². The topological polar surface area (TPSA) is 74.2 Å². The maximum Gasteiger partial charge on any atom is 0.261 e. The number of hydrogen-bond donors (Lipinski definition) is 1. The van der Waals surface area contributed by atoms with Crippen LogP contribution in [0.3, 0.4) is 0 Å². The highest BCUT2D eigenvalue weighted by molar-refractivity contribution is 7.99. The van der Waals surface area contributed by atoms with Crippen LogP contribution >= 0.6 is 11.8 Å². The molecule has 0 aromatic heterocycles. The van der Waals surface area contributed by atoms with Crippen molar-refractivity contribution >= 4 is 36.2 Å². The summed E-state index contributed by atoms with van der Waals surface area (Å²) < 4.78 is 23.0. The monoisotopic (exact) mass is 678 g/mol. The van der Waals surface area contributed by atoms with Gasteiger partial charge >= 0.3 is 0 Å². The number of methoxy groups -OCH3 is 1. The zero-order valence-corrected chi connectivity index (χ0v) is 30.9. The molecule has 47 heavy (non-hydrogen) atoms. The number of rotatable bonds is 21. The Balaban J connectivity index is 1.81. The first-order valence-corrected chi connectivity index (χ1v) is 19.4. The second kappa shape index (κ2) is 19.4. The zero-order chi connectivity index (χ0) is 34.2. The molecule has 0 heterocycles. The van der Waals surface area contributed by atoms with Crippen LogP contribution in [0.5, 0.6) is 0 Å². The van der Waals surface area contributed by atoms with E-state index in [1.807, 2.05) is 50.3 Å². The Morgan fingerprint density at radius 1 is 0.830 bits per heavy atom. The summed E-state index contributed by atoms with van der Waals surface area (Å²) in [6, 6.07) is 31.2. The SMILES string of the molecule is COCCOCOCC[C@@H](O)C/C(=C\CO[Si](c1ccccc1)(c1ccccc1)C(C)(C)C)CC(=O)C(C)(C)CSc1ccccc1. The molecule has 0 fully saturated rings. The van der Waals surface area contributed by atoms with Crippen LogP contribution in [0.25, 0.3) is 0 Å². The molecule has 0 spiro atoms. The quantitative estimate of drug-likeness (QED) is 0.0426. The molecule has 8 heteroatoms. The molecule has 1 N–H and O–H groups in total. The average molecular weight is 679 g/mol. The molecule has 0 saturated carbocycles. The van der Waals surface area contributed by atoms with Gasteiger partial charge in [-0.2, -0.15) is 0 Å². The van der Waals surface area contributed by atoms with Crippen molar-refractivity contribution < 1.29 is 28.5 Å². The third-order valence-corrected chi connectivity index (χ3v) is 14.7. The first kappa shape index (κ1) is 38.9. The Hall–Kier alpha value is -2.56. The first-order valence-electron chi connectivity index (χ1n) is 16.5. The Kier molecular flexibility index (Phi) is 16.1. The van der Waals surface area contributed by atoms with E-state index in [0.717, 1.165) is 10.5 Å². The smallest absolute Gasteiger partial charge is 0.261 e. The van der Waals surface area contributed by atoms with Crippen molar-refractivity contribution in [1.82, 2.24) is 0 Å². The largest absolute Gasteiger partial charge is 0.404 e. The van der Waals surface area contributed by atoms with Crippen LogP contribution < -0.4 is 10.4 Å². The van der Waals surface area contributed by atoms with Gasteiger partial charge in [-0.25, -0.2) is 0 Å². The number of hydrogen-bond acceptors (Lipinski definition) is 7. The lowest BCUT2D eigenvalue weighted by Gasteiger charge is -2.42. The second-order valence-corrected chi connectivity index (χ2v) is 18.9. The van der Waals surface area contributed by atoms with Gasteiger partial charge in [0.15, 0.2) is 0 Å². The molecule has 0 aliphatic heterocycles. The Bertz CT molecular complexity index is 1300. The molecular formula is C39H54O6SSi. The zero-order valence-electron chi connectivity index (χ0n) is 29.1. The van der Waals surface area contributed by atoms with E-state index in [2.05, 4.69) is 81.4 Å². The number of aliphatic hydroxyl groups is 1. The minimum Gasteiger partial charge on any atom is -0.404 e. The van der Waals surface area contributed by atoms with Gasteiger partial charge in [0.1, 0.15) is 12.6 Å². The summed E-state index contributed by atoms with van der Waals surface area (Å²) in [4.78, 5) is 14.9. The van der Waals surface area contributed by atoms with E-state index >= 15 is 0 Å². The van der Waals surface area contributed by atoms with E-state index in [4.69, 9.17) is 18.6 Å². The lowest BCUT2D eigenvalue weighted by Crippen LogP contribution is -2.66. The van der Waals surface area contributed by atoms with Gasteiger partial charge in [0.25, 0.3) is 8.32 Å². The molecule has 0 aliphatic rings. The second-order valence-electron chi connectivity index (χ2n) is 13.5. The highest BCUT2D eigenvalue weighted by Crippen LogP contribution is 2.37. The fraction of sp³-hybridized carbons (Fsp3) is 0.462. The molecule has 1 atom stereocenters. The summed E-state index contributed by atoms with van der Waals surface area (Å²) >= 11 is 1.69. The lowest BCUT2D eigenvalue weighted by atomic mass is 9.85. The van der Waals surface area contributed by atoms with Gasteiger partial charge < -0.3 is 23.7 Å². The van der Waals surface area contributed by atoms with Gasteiger partial charge in [-0.05, 0) is 40.4 Å². The van der Waals surface area contributed by atoms with Crippen molar-refractivity contribution in [3.05, 3.63) is 103 Å². The van der Waals surface area contributed by atoms with Crippen LogP contribution in [0.15, 0.2) is 108 Å². The Morgan fingerprint density at radius 2 is 1.38 bits per heavy atom. The summed E-state index contributed by atoms with van der Waals surface area (Å²) in [5.41, 5.74) is 0.334. The van der Waals surface area contributed by atoms with Crippen LogP contribution in [0.4, 0.5) is 0 Å². The lowest BCUT2D eigenvalue weighted by molar-refractivity contribution is -0.125. The number of benzene rings is 3. The van der Waals surface area contributed by atoms with E-state index in [9.17, 15) is 9.90 Å². The fourth-order valence-electron chi connectivity index (χ4n) is 5.52. The van der Waals surface area contributed by atoms with Crippen LogP contribution in [-0.2, 0) is 23.4 Å². The molecule has 6 nitrogen and oxygen atoms in total. The van der Waals surface area contributed by atoms with Crippen LogP contribution in [-0.4, -0.2) is 71.4 Å². The number of ketones is 1. The summed E-state index contributed by atoms with van der Waals surface area (Å²) in [7, 11) is -1.14. The van der Waals surface area contributed by atoms with E-state index in [1.165, 1.54) is 10.4 Å². The third-order valence-electron chi connectivity index (χ3n) is 8.27. The minimum atomic E-state index is -2.76. The van der Waals surface area contributed by atoms with Crippen molar-refractivity contribution in [2.24, 2.45) is 5.41 Å². The fourth-order valence-corrected chi connectivity index (χ4v) is 11.1. The molecular weight excluding hydrogens is 625 g/mol. The van der Waals surface area contributed by atoms with Crippen molar-refractivity contribution in [2.45, 2.75) is 69.9 Å². The van der Waals surface area contributed by atoms with Gasteiger partial charge in [-0.15, -0.1) is 11.8 Å². The molecule has 0 bridgehead atoms. The van der Waals surface area contributed by atoms with Gasteiger partial charge in [0.05, 0.1) is 32.5 Å². The number of aliphatic hydroxyl groups excluding tert-OH is 1. The molecule has 3 aromatic carbocycles. The van der Waals surface area contributed by atoms with Gasteiger partial charge in [-0.3, -0.25) is 4.79 Å². The average Bonchev–Trinajstić information content (AvgIpc) is 3.06. The Labute approximate surface area is 288 Å². The number of Topliss-reactive ketones (excluding diaryl/α,β-unsaturated/α-hetero) is 1. The third kappa shape index (κ3) is 12.1. The number of ether oxygens (including phenoxy) is 3. The van der Waals surface area contributed by atoms with E-state index in [0.29, 0.717) is 45.0 Å². The van der Waals surface area contributed by atoms with Gasteiger partial charge in [0, 0.05) is 29.6 Å². The van der Waals surface area contributed by atoms with Crippen molar-refractivity contribution in [3.8, 4) is 0 Å².